The third-order valence-electron chi connectivity index (χ3n) is 2.60. The number of thiophene rings is 2. The van der Waals surface area contributed by atoms with Crippen molar-refractivity contribution in [2.75, 3.05) is 0 Å². The van der Waals surface area contributed by atoms with E-state index in [1.807, 2.05) is 5.38 Å². The molecule has 0 N–H and O–H groups in total. The Morgan fingerprint density at radius 2 is 2.19 bits per heavy atom. The largest absolute Gasteiger partial charge is 0.293 e. The van der Waals surface area contributed by atoms with Crippen molar-refractivity contribution >= 4 is 28.5 Å². The number of carbonyl (C=O) groups excluding carboxylic acids is 1. The number of rotatable bonds is 5. The zero-order valence-electron chi connectivity index (χ0n) is 9.23. The van der Waals surface area contributed by atoms with Crippen molar-refractivity contribution in [3.8, 4) is 0 Å². The van der Waals surface area contributed by atoms with Crippen LogP contribution in [0.15, 0.2) is 28.3 Å². The highest BCUT2D eigenvalue weighted by molar-refractivity contribution is 7.12. The second kappa shape index (κ2) is 5.41. The predicted molar refractivity (Wildman–Crippen MR) is 70.7 cm³/mol. The summed E-state index contributed by atoms with van der Waals surface area (Å²) in [5.74, 6) is 0.290. The molecule has 2 rings (SSSR count). The maximum atomic E-state index is 12.0. The smallest absolute Gasteiger partial charge is 0.173 e. The van der Waals surface area contributed by atoms with Gasteiger partial charge >= 0.3 is 0 Å². The van der Waals surface area contributed by atoms with E-state index in [1.54, 1.807) is 22.7 Å². The van der Waals surface area contributed by atoms with Gasteiger partial charge in [-0.3, -0.25) is 4.79 Å². The summed E-state index contributed by atoms with van der Waals surface area (Å²) in [4.78, 5) is 13.0. The lowest BCUT2D eigenvalue weighted by atomic mass is 10.1. The maximum absolute atomic E-state index is 12.0. The van der Waals surface area contributed by atoms with Gasteiger partial charge in [-0.15, -0.1) is 11.3 Å². The molecule has 1 nitrogen and oxygen atoms in total. The van der Waals surface area contributed by atoms with Gasteiger partial charge < -0.3 is 0 Å². The molecule has 0 aromatic carbocycles. The lowest BCUT2D eigenvalue weighted by molar-refractivity contribution is 0.0986. The van der Waals surface area contributed by atoms with Gasteiger partial charge in [0.1, 0.15) is 0 Å². The number of hydrogen-bond donors (Lipinski definition) is 0. The summed E-state index contributed by atoms with van der Waals surface area (Å²) in [5.41, 5.74) is 2.47. The zero-order valence-corrected chi connectivity index (χ0v) is 10.9. The Hall–Kier alpha value is -0.930. The van der Waals surface area contributed by atoms with Crippen LogP contribution in [0.4, 0.5) is 0 Å². The molecule has 0 fully saturated rings. The van der Waals surface area contributed by atoms with Crippen LogP contribution < -0.4 is 0 Å². The molecular formula is C13H14OS2. The Morgan fingerprint density at radius 1 is 1.31 bits per heavy atom. The molecule has 2 heterocycles. The Morgan fingerprint density at radius 3 is 2.88 bits per heavy atom. The number of hydrogen-bond acceptors (Lipinski definition) is 3. The molecule has 2 aromatic heterocycles. The summed E-state index contributed by atoms with van der Waals surface area (Å²) in [6, 6.07) is 4.15. The topological polar surface area (TPSA) is 17.1 Å². The third kappa shape index (κ3) is 2.60. The van der Waals surface area contributed by atoms with E-state index in [0.29, 0.717) is 6.42 Å². The summed E-state index contributed by atoms with van der Waals surface area (Å²) < 4.78 is 0. The van der Waals surface area contributed by atoms with Gasteiger partial charge in [0.25, 0.3) is 0 Å². The van der Waals surface area contributed by atoms with Crippen molar-refractivity contribution in [3.05, 3.63) is 44.3 Å². The molecule has 2 aromatic rings. The highest BCUT2D eigenvalue weighted by Crippen LogP contribution is 2.20. The van der Waals surface area contributed by atoms with Crippen LogP contribution in [0.25, 0.3) is 0 Å². The fraction of sp³-hybridized carbons (Fsp3) is 0.308. The molecule has 84 valence electrons. The van der Waals surface area contributed by atoms with Crippen LogP contribution in [0.5, 0.6) is 0 Å². The first-order valence-corrected chi connectivity index (χ1v) is 7.24. The van der Waals surface area contributed by atoms with E-state index in [1.165, 1.54) is 11.1 Å². The van der Waals surface area contributed by atoms with Gasteiger partial charge in [0, 0.05) is 6.42 Å². The number of ketones is 1. The summed E-state index contributed by atoms with van der Waals surface area (Å²) in [5, 5.41) is 6.18. The average Bonchev–Trinajstić information content (AvgIpc) is 2.96. The first-order valence-electron chi connectivity index (χ1n) is 5.42. The highest BCUT2D eigenvalue weighted by atomic mass is 32.1. The van der Waals surface area contributed by atoms with E-state index in [4.69, 9.17) is 0 Å². The molecule has 0 unspecified atom stereocenters. The van der Waals surface area contributed by atoms with Crippen molar-refractivity contribution in [1.29, 1.82) is 0 Å². The fourth-order valence-corrected chi connectivity index (χ4v) is 3.33. The van der Waals surface area contributed by atoms with Gasteiger partial charge in [0.15, 0.2) is 5.78 Å². The molecule has 0 spiro atoms. The van der Waals surface area contributed by atoms with Gasteiger partial charge in [-0.25, -0.2) is 0 Å². The Balaban J connectivity index is 1.98. The fourth-order valence-electron chi connectivity index (χ4n) is 1.67. The van der Waals surface area contributed by atoms with Crippen molar-refractivity contribution in [2.24, 2.45) is 0 Å². The minimum Gasteiger partial charge on any atom is -0.293 e. The summed E-state index contributed by atoms with van der Waals surface area (Å²) in [6.07, 6.45) is 2.44. The predicted octanol–water partition coefficient (Wildman–Crippen LogP) is 4.19. The van der Waals surface area contributed by atoms with E-state index >= 15 is 0 Å². The van der Waals surface area contributed by atoms with E-state index < -0.39 is 0 Å². The normalized spacial score (nSPS) is 10.6. The molecule has 0 atom stereocenters. The van der Waals surface area contributed by atoms with E-state index in [-0.39, 0.29) is 5.78 Å². The van der Waals surface area contributed by atoms with Crippen molar-refractivity contribution in [2.45, 2.75) is 26.2 Å². The standard InChI is InChI=1S/C13H14OS2/c1-2-11-6-8-16-13(11)12(14)4-3-10-5-7-15-9-10/h5-9H,2-4H2,1H3. The van der Waals surface area contributed by atoms with Crippen LogP contribution in [0.3, 0.4) is 0 Å². The Labute approximate surface area is 104 Å². The molecule has 16 heavy (non-hydrogen) atoms. The van der Waals surface area contributed by atoms with Crippen LogP contribution in [0.2, 0.25) is 0 Å². The maximum Gasteiger partial charge on any atom is 0.173 e. The molecule has 0 aliphatic rings. The van der Waals surface area contributed by atoms with Crippen LogP contribution in [0.1, 0.15) is 34.1 Å². The minimum absolute atomic E-state index is 0.290. The van der Waals surface area contributed by atoms with Crippen LogP contribution in [-0.2, 0) is 12.8 Å². The second-order valence-corrected chi connectivity index (χ2v) is 5.38. The van der Waals surface area contributed by atoms with Crippen LogP contribution in [0, 0.1) is 0 Å². The van der Waals surface area contributed by atoms with Crippen LogP contribution >= 0.6 is 22.7 Å². The molecule has 3 heteroatoms. The first-order chi connectivity index (χ1) is 7.81. The van der Waals surface area contributed by atoms with Crippen molar-refractivity contribution in [1.82, 2.24) is 0 Å². The van der Waals surface area contributed by atoms with Crippen molar-refractivity contribution in [3.63, 3.8) is 0 Å². The van der Waals surface area contributed by atoms with E-state index in [9.17, 15) is 4.79 Å². The molecule has 0 amide bonds. The molecule has 0 saturated carbocycles. The highest BCUT2D eigenvalue weighted by Gasteiger charge is 2.11. The summed E-state index contributed by atoms with van der Waals surface area (Å²) in [7, 11) is 0. The molecule has 0 aliphatic heterocycles. The van der Waals surface area contributed by atoms with E-state index in [0.717, 1.165) is 17.7 Å². The van der Waals surface area contributed by atoms with Gasteiger partial charge in [-0.1, -0.05) is 6.92 Å². The number of carbonyl (C=O) groups is 1. The van der Waals surface area contributed by atoms with Gasteiger partial charge in [-0.2, -0.15) is 11.3 Å². The monoisotopic (exact) mass is 250 g/mol. The molecular weight excluding hydrogens is 236 g/mol. The molecule has 0 saturated heterocycles. The Kier molecular flexibility index (Phi) is 3.91. The SMILES string of the molecule is CCc1ccsc1C(=O)CCc1ccsc1. The lowest BCUT2D eigenvalue weighted by Gasteiger charge is -2.00. The second-order valence-electron chi connectivity index (χ2n) is 3.68. The average molecular weight is 250 g/mol. The third-order valence-corrected chi connectivity index (χ3v) is 4.33. The van der Waals surface area contributed by atoms with Gasteiger partial charge in [0.05, 0.1) is 4.88 Å². The van der Waals surface area contributed by atoms with Crippen LogP contribution in [-0.4, -0.2) is 5.78 Å². The summed E-state index contributed by atoms with van der Waals surface area (Å²) in [6.45, 7) is 2.09. The van der Waals surface area contributed by atoms with Gasteiger partial charge in [-0.05, 0) is 52.2 Å². The molecule has 0 aliphatic carbocycles. The summed E-state index contributed by atoms with van der Waals surface area (Å²) >= 11 is 3.26. The molecule has 0 radical (unpaired) electrons. The molecule has 0 bridgehead atoms. The quantitative estimate of drug-likeness (QED) is 0.727. The first kappa shape index (κ1) is 11.6. The van der Waals surface area contributed by atoms with Crippen molar-refractivity contribution < 1.29 is 4.79 Å². The zero-order chi connectivity index (χ0) is 11.4. The van der Waals surface area contributed by atoms with E-state index in [2.05, 4.69) is 29.8 Å². The van der Waals surface area contributed by atoms with Gasteiger partial charge in [0.2, 0.25) is 0 Å². The Bertz CT molecular complexity index is 454. The number of Topliss-reactive ketones (excluding diaryl/α,β-unsaturated/α-hetero) is 1. The minimum atomic E-state index is 0.290. The lowest BCUT2D eigenvalue weighted by Crippen LogP contribution is -2.01. The number of aryl methyl sites for hydroxylation is 2.